The van der Waals surface area contributed by atoms with Gasteiger partial charge in [-0.3, -0.25) is 9.56 Å². The van der Waals surface area contributed by atoms with Gasteiger partial charge in [-0.1, -0.05) is 12.1 Å². The molecule has 0 saturated heterocycles. The summed E-state index contributed by atoms with van der Waals surface area (Å²) in [6.45, 7) is 2.01. The number of fused-ring (bicyclic) bond motifs is 7. The van der Waals surface area contributed by atoms with Crippen molar-refractivity contribution in [2.24, 2.45) is 0 Å². The number of para-hydroxylation sites is 2. The van der Waals surface area contributed by atoms with Gasteiger partial charge in [-0.25, -0.2) is 4.98 Å². The zero-order chi connectivity index (χ0) is 22.2. The van der Waals surface area contributed by atoms with Gasteiger partial charge in [0.25, 0.3) is 0 Å². The van der Waals surface area contributed by atoms with Crippen LogP contribution in [-0.4, -0.2) is 26.9 Å². The zero-order valence-electron chi connectivity index (χ0n) is 18.3. The fourth-order valence-corrected chi connectivity index (χ4v) is 4.25. The van der Waals surface area contributed by atoms with Gasteiger partial charge in [-0.2, -0.15) is 43.1 Å². The van der Waals surface area contributed by atoms with E-state index in [1.54, 1.807) is 12.4 Å². The third kappa shape index (κ3) is 3.83. The van der Waals surface area contributed by atoms with Gasteiger partial charge in [0, 0.05) is 17.1 Å². The van der Waals surface area contributed by atoms with Crippen LogP contribution < -0.4 is 20.1 Å². The molecule has 1 atom stereocenters. The molecule has 7 rings (SSSR count). The molecule has 2 aromatic heterocycles. The summed E-state index contributed by atoms with van der Waals surface area (Å²) < 4.78 is 2.17. The van der Waals surface area contributed by atoms with E-state index in [1.165, 1.54) is 0 Å². The van der Waals surface area contributed by atoms with E-state index in [2.05, 4.69) is 49.9 Å². The van der Waals surface area contributed by atoms with Crippen molar-refractivity contribution < 1.29 is 20.1 Å². The van der Waals surface area contributed by atoms with Gasteiger partial charge in [0.2, 0.25) is 0 Å². The van der Waals surface area contributed by atoms with Crippen LogP contribution in [0.4, 0.5) is 11.5 Å². The molecule has 0 radical (unpaired) electrons. The van der Waals surface area contributed by atoms with E-state index in [0.29, 0.717) is 0 Å². The molecule has 0 saturated carbocycles. The van der Waals surface area contributed by atoms with Crippen molar-refractivity contribution >= 4 is 17.6 Å². The fourth-order valence-electron chi connectivity index (χ4n) is 4.25. The van der Waals surface area contributed by atoms with Crippen LogP contribution in [0.5, 0.6) is 0 Å². The van der Waals surface area contributed by atoms with Crippen molar-refractivity contribution in [1.82, 2.24) is 24.4 Å². The van der Waals surface area contributed by atoms with Crippen LogP contribution in [0.25, 0.3) is 17.3 Å². The minimum absolute atomic E-state index is 0. The first kappa shape index (κ1) is 22.1. The van der Waals surface area contributed by atoms with Crippen LogP contribution in [0.2, 0.25) is 0 Å². The van der Waals surface area contributed by atoms with E-state index in [4.69, 9.17) is 0 Å². The van der Waals surface area contributed by atoms with Crippen molar-refractivity contribution in [2.75, 3.05) is 11.9 Å². The molecular formula is C27H20IrN6+. The smallest absolute Gasteiger partial charge is 0.510 e. The Morgan fingerprint density at radius 2 is 1.76 bits per heavy atom. The Balaban J connectivity index is 0.000000159. The van der Waals surface area contributed by atoms with E-state index in [-0.39, 0.29) is 26.1 Å². The minimum atomic E-state index is -0.0252. The second kappa shape index (κ2) is 9.29. The van der Waals surface area contributed by atoms with Gasteiger partial charge in [0.05, 0.1) is 11.9 Å². The second-order valence-electron chi connectivity index (χ2n) is 7.83. The van der Waals surface area contributed by atoms with Gasteiger partial charge in [-0.05, 0) is 36.6 Å². The maximum atomic E-state index is 4.57. The van der Waals surface area contributed by atoms with Crippen LogP contribution in [0.15, 0.2) is 91.7 Å². The Hall–Kier alpha value is -3.67. The monoisotopic (exact) mass is 621 g/mol. The molecular weight excluding hydrogens is 601 g/mol. The third-order valence-electron chi connectivity index (χ3n) is 5.71. The molecule has 1 unspecified atom stereocenters. The maximum Gasteiger partial charge on any atom is 3.00 e. The Morgan fingerprint density at radius 1 is 0.912 bits per heavy atom. The Bertz CT molecular complexity index is 1480. The van der Waals surface area contributed by atoms with Crippen molar-refractivity contribution in [2.45, 2.75) is 6.04 Å². The van der Waals surface area contributed by atoms with Crippen LogP contribution in [0.1, 0.15) is 11.7 Å². The van der Waals surface area contributed by atoms with Gasteiger partial charge in [0.1, 0.15) is 6.04 Å². The van der Waals surface area contributed by atoms with Crippen molar-refractivity contribution in [3.63, 3.8) is 0 Å². The molecule has 0 fully saturated rings. The van der Waals surface area contributed by atoms with E-state index in [0.717, 1.165) is 39.0 Å². The van der Waals surface area contributed by atoms with Crippen molar-refractivity contribution in [3.05, 3.63) is 121 Å². The molecule has 5 heterocycles. The molecule has 166 valence electrons. The summed E-state index contributed by atoms with van der Waals surface area (Å²) in [6.07, 6.45) is 12.8. The summed E-state index contributed by atoms with van der Waals surface area (Å²) in [5.41, 5.74) is 3.98. The summed E-state index contributed by atoms with van der Waals surface area (Å²) in [6, 6.07) is 23.3. The summed E-state index contributed by atoms with van der Waals surface area (Å²) in [5, 5.41) is 2.21. The largest absolute Gasteiger partial charge is 3.00 e. The summed E-state index contributed by atoms with van der Waals surface area (Å²) >= 11 is 0. The minimum Gasteiger partial charge on any atom is -0.510 e. The summed E-state index contributed by atoms with van der Waals surface area (Å²) in [5.74, 6) is 0.875. The number of benzene rings is 2. The predicted molar refractivity (Wildman–Crippen MR) is 127 cm³/mol. The number of aromatic nitrogens is 3. The molecule has 0 N–H and O–H groups in total. The molecule has 7 heteroatoms. The van der Waals surface area contributed by atoms with E-state index in [1.807, 2.05) is 84.6 Å². The number of hydrogen-bond acceptors (Lipinski definition) is 5. The standard InChI is InChI=1S/C17H10N4.C10H10N2.Ir/c1-2-6-13-11(4-1)10-14-15-12(5-3-7-18-15)16-17(21(13)14)20-9-8-19-16;1-11-7-8-12(9-11)10-5-3-2-4-6-10;/h1-9,14H;2-5,7-9H,1H3;/q;-2;+3. The first-order valence-corrected chi connectivity index (χ1v) is 10.7. The molecule has 3 aliphatic rings. The quantitative estimate of drug-likeness (QED) is 0.242. The average Bonchev–Trinajstić information content (AvgIpc) is 3.49. The zero-order valence-corrected chi connectivity index (χ0v) is 20.7. The number of anilines is 1. The van der Waals surface area contributed by atoms with Gasteiger partial charge >= 0.3 is 25.9 Å². The number of rotatable bonds is 1. The molecule has 34 heavy (non-hydrogen) atoms. The molecule has 6 nitrogen and oxygen atoms in total. The van der Waals surface area contributed by atoms with Crippen LogP contribution in [-0.2, 0) is 20.1 Å². The number of pyridine rings is 1. The molecule has 0 aliphatic carbocycles. The van der Waals surface area contributed by atoms with Crippen LogP contribution >= 0.6 is 0 Å². The average molecular weight is 621 g/mol. The second-order valence-corrected chi connectivity index (χ2v) is 7.83. The predicted octanol–water partition coefficient (Wildman–Crippen LogP) is 2.91. The number of nitrogens with zero attached hydrogens (tertiary/aromatic N) is 6. The third-order valence-corrected chi connectivity index (χ3v) is 5.71. The van der Waals surface area contributed by atoms with Gasteiger partial charge < -0.3 is 9.80 Å². The van der Waals surface area contributed by atoms with Crippen molar-refractivity contribution in [3.8, 4) is 11.3 Å². The molecule has 2 aromatic carbocycles. The molecule has 4 aromatic rings. The van der Waals surface area contributed by atoms with Gasteiger partial charge in [0.15, 0.2) is 11.9 Å². The first-order chi connectivity index (χ1) is 16.3. The first-order valence-electron chi connectivity index (χ1n) is 10.7. The fraction of sp³-hybridized carbons (Fsp3) is 0.0741. The summed E-state index contributed by atoms with van der Waals surface area (Å²) in [7, 11) is 2.00. The number of hydrogen-bond donors (Lipinski definition) is 0. The molecule has 0 spiro atoms. The normalized spacial score (nSPS) is 16.3. The molecule has 0 amide bonds. The Labute approximate surface area is 211 Å². The van der Waals surface area contributed by atoms with Crippen LogP contribution in [0.3, 0.4) is 0 Å². The van der Waals surface area contributed by atoms with E-state index in [9.17, 15) is 0 Å². The summed E-state index contributed by atoms with van der Waals surface area (Å²) in [4.78, 5) is 17.7. The van der Waals surface area contributed by atoms with E-state index < -0.39 is 0 Å². The Kier molecular flexibility index (Phi) is 6.05. The van der Waals surface area contributed by atoms with Crippen LogP contribution in [0, 0.1) is 12.7 Å². The Morgan fingerprint density at radius 3 is 2.59 bits per heavy atom. The molecule has 0 bridgehead atoms. The van der Waals surface area contributed by atoms with Crippen molar-refractivity contribution in [1.29, 1.82) is 0 Å². The SMILES string of the molecule is CN1C=CN(c2[c-]cccc2)[CH-]1.[C-]1=c2ccccc2=[N+]2c3nccnc3-c3cccnc3C12.[Ir+3]. The van der Waals surface area contributed by atoms with E-state index >= 15 is 0 Å². The van der Waals surface area contributed by atoms with Gasteiger partial charge in [-0.15, -0.1) is 23.0 Å². The maximum absolute atomic E-state index is 4.57. The topological polar surface area (TPSA) is 48.2 Å². The molecule has 3 aliphatic heterocycles.